The molecule has 2 aliphatic heterocycles. The summed E-state index contributed by atoms with van der Waals surface area (Å²) in [5, 5.41) is 2.80. The van der Waals surface area contributed by atoms with Crippen LogP contribution in [0.5, 0.6) is 11.5 Å². The third-order valence-electron chi connectivity index (χ3n) is 3.94. The Kier molecular flexibility index (Phi) is 3.47. The summed E-state index contributed by atoms with van der Waals surface area (Å²) in [5.74, 6) is 1.25. The number of benzene rings is 1. The largest absolute Gasteiger partial charge is 0.486 e. The first kappa shape index (κ1) is 14.7. The molecule has 1 aromatic carbocycles. The third kappa shape index (κ3) is 2.28. The zero-order valence-electron chi connectivity index (χ0n) is 13.0. The molecule has 0 aromatic heterocycles. The highest BCUT2D eigenvalue weighted by atomic mass is 16.6. The van der Waals surface area contributed by atoms with E-state index in [1.165, 1.54) is 4.90 Å². The molecule has 22 heavy (non-hydrogen) atoms. The maximum absolute atomic E-state index is 12.7. The average molecular weight is 304 g/mol. The molecule has 1 saturated heterocycles. The van der Waals surface area contributed by atoms with Crippen LogP contribution in [0.1, 0.15) is 26.3 Å². The molecule has 3 amide bonds. The van der Waals surface area contributed by atoms with Gasteiger partial charge >= 0.3 is 6.03 Å². The van der Waals surface area contributed by atoms with Crippen LogP contribution >= 0.6 is 0 Å². The molecule has 118 valence electrons. The Labute approximate surface area is 129 Å². The number of nitrogens with zero attached hydrogens (tertiary/aromatic N) is 1. The van der Waals surface area contributed by atoms with E-state index in [4.69, 9.17) is 9.47 Å². The van der Waals surface area contributed by atoms with Crippen molar-refractivity contribution in [3.63, 3.8) is 0 Å². The maximum Gasteiger partial charge on any atom is 0.325 e. The first-order valence-electron chi connectivity index (χ1n) is 7.46. The Morgan fingerprint density at radius 2 is 1.91 bits per heavy atom. The van der Waals surface area contributed by atoms with E-state index in [2.05, 4.69) is 5.32 Å². The van der Waals surface area contributed by atoms with Gasteiger partial charge in [-0.1, -0.05) is 19.9 Å². The second-order valence-electron chi connectivity index (χ2n) is 6.22. The summed E-state index contributed by atoms with van der Waals surface area (Å²) >= 11 is 0. The van der Waals surface area contributed by atoms with Crippen LogP contribution in [0.2, 0.25) is 0 Å². The van der Waals surface area contributed by atoms with Crippen molar-refractivity contribution in [1.82, 2.24) is 10.2 Å². The number of rotatable bonds is 3. The minimum absolute atomic E-state index is 0.220. The van der Waals surface area contributed by atoms with E-state index in [9.17, 15) is 9.59 Å². The van der Waals surface area contributed by atoms with Crippen molar-refractivity contribution in [3.05, 3.63) is 23.8 Å². The highest BCUT2D eigenvalue weighted by Gasteiger charge is 2.49. The van der Waals surface area contributed by atoms with Gasteiger partial charge in [0.1, 0.15) is 18.8 Å². The van der Waals surface area contributed by atoms with Crippen LogP contribution in [-0.2, 0) is 10.3 Å². The predicted octanol–water partition coefficient (Wildman–Crippen LogP) is 1.88. The molecule has 2 aliphatic rings. The van der Waals surface area contributed by atoms with Gasteiger partial charge in [0.05, 0.1) is 0 Å². The van der Waals surface area contributed by atoms with E-state index in [0.29, 0.717) is 36.8 Å². The lowest BCUT2D eigenvalue weighted by atomic mass is 9.91. The van der Waals surface area contributed by atoms with Gasteiger partial charge in [0.25, 0.3) is 5.91 Å². The minimum atomic E-state index is -1.07. The van der Waals surface area contributed by atoms with Gasteiger partial charge in [0, 0.05) is 6.54 Å². The number of fused-ring (bicyclic) bond motifs is 1. The SMILES string of the molecule is CC(C)CN1C(=O)N[C@@](C)(c2ccc3c(c2)OCCO3)C1=O. The van der Waals surface area contributed by atoms with Crippen molar-refractivity contribution in [3.8, 4) is 11.5 Å². The molecule has 1 aromatic rings. The third-order valence-corrected chi connectivity index (χ3v) is 3.94. The lowest BCUT2D eigenvalue weighted by Gasteiger charge is -2.25. The molecule has 0 unspecified atom stereocenters. The average Bonchev–Trinajstić information content (AvgIpc) is 2.71. The molecule has 0 spiro atoms. The van der Waals surface area contributed by atoms with E-state index in [0.717, 1.165) is 0 Å². The highest BCUT2D eigenvalue weighted by molar-refractivity contribution is 6.07. The van der Waals surface area contributed by atoms with Crippen molar-refractivity contribution >= 4 is 11.9 Å². The van der Waals surface area contributed by atoms with Crippen LogP contribution in [0.4, 0.5) is 4.79 Å². The fourth-order valence-corrected chi connectivity index (χ4v) is 2.78. The second-order valence-corrected chi connectivity index (χ2v) is 6.22. The number of amides is 3. The second kappa shape index (κ2) is 5.19. The number of ether oxygens (including phenoxy) is 2. The fourth-order valence-electron chi connectivity index (χ4n) is 2.78. The van der Waals surface area contributed by atoms with Crippen molar-refractivity contribution in [2.75, 3.05) is 19.8 Å². The van der Waals surface area contributed by atoms with Gasteiger partial charge in [-0.05, 0) is 30.5 Å². The van der Waals surface area contributed by atoms with Crippen molar-refractivity contribution in [1.29, 1.82) is 0 Å². The van der Waals surface area contributed by atoms with Gasteiger partial charge in [-0.25, -0.2) is 4.79 Å². The van der Waals surface area contributed by atoms with E-state index < -0.39 is 5.54 Å². The van der Waals surface area contributed by atoms with Gasteiger partial charge < -0.3 is 14.8 Å². The summed E-state index contributed by atoms with van der Waals surface area (Å²) in [6.45, 7) is 7.07. The van der Waals surface area contributed by atoms with E-state index >= 15 is 0 Å². The van der Waals surface area contributed by atoms with Crippen molar-refractivity contribution in [2.45, 2.75) is 26.3 Å². The summed E-state index contributed by atoms with van der Waals surface area (Å²) in [4.78, 5) is 26.1. The quantitative estimate of drug-likeness (QED) is 0.866. The Morgan fingerprint density at radius 1 is 1.23 bits per heavy atom. The highest BCUT2D eigenvalue weighted by Crippen LogP contribution is 2.36. The van der Waals surface area contributed by atoms with E-state index in [1.807, 2.05) is 13.8 Å². The number of carbonyl (C=O) groups excluding carboxylic acids is 2. The molecule has 1 fully saturated rings. The van der Waals surface area contributed by atoms with Gasteiger partial charge in [-0.2, -0.15) is 0 Å². The molecule has 6 nitrogen and oxygen atoms in total. The molecule has 0 saturated carbocycles. The summed E-state index contributed by atoms with van der Waals surface area (Å²) in [6, 6.07) is 4.99. The molecule has 0 radical (unpaired) electrons. The van der Waals surface area contributed by atoms with Crippen LogP contribution in [0, 0.1) is 5.92 Å². The number of hydrogen-bond acceptors (Lipinski definition) is 4. The molecule has 3 rings (SSSR count). The van der Waals surface area contributed by atoms with Crippen LogP contribution in [0.3, 0.4) is 0 Å². The van der Waals surface area contributed by atoms with Crippen molar-refractivity contribution < 1.29 is 19.1 Å². The number of nitrogens with one attached hydrogen (secondary N) is 1. The lowest BCUT2D eigenvalue weighted by Crippen LogP contribution is -2.41. The maximum atomic E-state index is 12.7. The Balaban J connectivity index is 1.93. The van der Waals surface area contributed by atoms with Gasteiger partial charge in [-0.15, -0.1) is 0 Å². The first-order chi connectivity index (χ1) is 10.4. The zero-order chi connectivity index (χ0) is 15.9. The van der Waals surface area contributed by atoms with Gasteiger partial charge in [0.2, 0.25) is 0 Å². The molecule has 2 heterocycles. The summed E-state index contributed by atoms with van der Waals surface area (Å²) in [5.41, 5.74) is -0.372. The van der Waals surface area contributed by atoms with Crippen LogP contribution in [0.25, 0.3) is 0 Å². The summed E-state index contributed by atoms with van der Waals surface area (Å²) < 4.78 is 11.0. The van der Waals surface area contributed by atoms with Gasteiger partial charge in [0.15, 0.2) is 11.5 Å². The summed E-state index contributed by atoms with van der Waals surface area (Å²) in [7, 11) is 0. The summed E-state index contributed by atoms with van der Waals surface area (Å²) in [6.07, 6.45) is 0. The minimum Gasteiger partial charge on any atom is -0.486 e. The predicted molar refractivity (Wildman–Crippen MR) is 79.9 cm³/mol. The Bertz CT molecular complexity index is 629. The normalized spacial score (nSPS) is 23.9. The molecular formula is C16H20N2O4. The van der Waals surface area contributed by atoms with Crippen LogP contribution in [-0.4, -0.2) is 36.6 Å². The van der Waals surface area contributed by atoms with E-state index in [-0.39, 0.29) is 17.9 Å². The van der Waals surface area contributed by atoms with Gasteiger partial charge in [-0.3, -0.25) is 9.69 Å². The molecule has 0 bridgehead atoms. The fraction of sp³-hybridized carbons (Fsp3) is 0.500. The van der Waals surface area contributed by atoms with E-state index in [1.54, 1.807) is 25.1 Å². The number of hydrogen-bond donors (Lipinski definition) is 1. The molecule has 0 aliphatic carbocycles. The Hall–Kier alpha value is -2.24. The molecular weight excluding hydrogens is 284 g/mol. The molecule has 1 N–H and O–H groups in total. The van der Waals surface area contributed by atoms with Crippen molar-refractivity contribution in [2.24, 2.45) is 5.92 Å². The topological polar surface area (TPSA) is 67.9 Å². The van der Waals surface area contributed by atoms with Crippen LogP contribution in [0.15, 0.2) is 18.2 Å². The lowest BCUT2D eigenvalue weighted by molar-refractivity contribution is -0.131. The number of imide groups is 1. The number of urea groups is 1. The zero-order valence-corrected chi connectivity index (χ0v) is 13.0. The number of carbonyl (C=O) groups is 2. The smallest absolute Gasteiger partial charge is 0.325 e. The molecule has 6 heteroatoms. The van der Waals surface area contributed by atoms with Crippen LogP contribution < -0.4 is 14.8 Å². The first-order valence-corrected chi connectivity index (χ1v) is 7.46. The Morgan fingerprint density at radius 3 is 2.59 bits per heavy atom. The molecule has 1 atom stereocenters. The monoisotopic (exact) mass is 304 g/mol. The standard InChI is InChI=1S/C16H20N2O4/c1-10(2)9-18-14(19)16(3,17-15(18)20)11-4-5-12-13(8-11)22-7-6-21-12/h4-5,8,10H,6-7,9H2,1-3H3,(H,17,20)/t16-/m0/s1.